The predicted molar refractivity (Wildman–Crippen MR) is 51.0 cm³/mol. The summed E-state index contributed by atoms with van der Waals surface area (Å²) in [7, 11) is 0. The molecule has 0 saturated carbocycles. The van der Waals surface area contributed by atoms with Crippen LogP contribution in [-0.2, 0) is 4.79 Å². The van der Waals surface area contributed by atoms with Gasteiger partial charge in [-0.1, -0.05) is 12.1 Å². The Morgan fingerprint density at radius 2 is 2.21 bits per heavy atom. The van der Waals surface area contributed by atoms with Gasteiger partial charge in [-0.2, -0.15) is 5.10 Å². The van der Waals surface area contributed by atoms with Crippen molar-refractivity contribution in [3.63, 3.8) is 0 Å². The van der Waals surface area contributed by atoms with Crippen molar-refractivity contribution in [2.45, 2.75) is 0 Å². The minimum atomic E-state index is 0.635. The fourth-order valence-electron chi connectivity index (χ4n) is 1.19. The average Bonchev–Trinajstić information content (AvgIpc) is 2.72. The minimum Gasteiger partial charge on any atom is -0.327 e. The first kappa shape index (κ1) is 8.43. The molecule has 70 valence electrons. The molecular weight excluding hydrogens is 180 g/mol. The molecule has 14 heavy (non-hydrogen) atoms. The van der Waals surface area contributed by atoms with Gasteiger partial charge >= 0.3 is 0 Å². The number of aromatic nitrogens is 3. The zero-order chi connectivity index (χ0) is 9.80. The molecule has 0 unspecified atom stereocenters. The van der Waals surface area contributed by atoms with Gasteiger partial charge in [-0.25, -0.2) is 9.67 Å². The molecule has 2 rings (SSSR count). The van der Waals surface area contributed by atoms with Gasteiger partial charge in [0.25, 0.3) is 0 Å². The van der Waals surface area contributed by atoms with Crippen LogP contribution in [0.2, 0.25) is 0 Å². The van der Waals surface area contributed by atoms with Gasteiger partial charge in [0, 0.05) is 0 Å². The zero-order valence-electron chi connectivity index (χ0n) is 7.29. The molecule has 2 aromatic rings. The van der Waals surface area contributed by atoms with E-state index in [4.69, 9.17) is 0 Å². The maximum Gasteiger partial charge on any atom is 0.211 e. The number of anilines is 1. The Balaban J connectivity index is 2.46. The fourth-order valence-corrected chi connectivity index (χ4v) is 1.19. The Labute approximate surface area is 80.4 Å². The first-order valence-electron chi connectivity index (χ1n) is 4.06. The molecule has 0 aliphatic heterocycles. The van der Waals surface area contributed by atoms with E-state index in [9.17, 15) is 4.79 Å². The molecule has 5 nitrogen and oxygen atoms in total. The molecule has 1 amide bonds. The molecule has 0 bridgehead atoms. The third-order valence-corrected chi connectivity index (χ3v) is 1.78. The van der Waals surface area contributed by atoms with Crippen LogP contribution in [0.25, 0.3) is 5.69 Å². The predicted octanol–water partition coefficient (Wildman–Crippen LogP) is 0.836. The third-order valence-electron chi connectivity index (χ3n) is 1.78. The number of benzene rings is 1. The zero-order valence-corrected chi connectivity index (χ0v) is 7.29. The monoisotopic (exact) mass is 188 g/mol. The van der Waals surface area contributed by atoms with Crippen LogP contribution in [0.3, 0.4) is 0 Å². The second kappa shape index (κ2) is 3.69. The van der Waals surface area contributed by atoms with Gasteiger partial charge in [-0.15, -0.1) is 0 Å². The topological polar surface area (TPSA) is 59.8 Å². The van der Waals surface area contributed by atoms with Crippen molar-refractivity contribution >= 4 is 12.1 Å². The molecular formula is C9H8N4O. The van der Waals surface area contributed by atoms with Crippen LogP contribution in [-0.4, -0.2) is 21.2 Å². The molecule has 0 aliphatic carbocycles. The van der Waals surface area contributed by atoms with Crippen molar-refractivity contribution in [2.24, 2.45) is 0 Å². The lowest BCUT2D eigenvalue weighted by Gasteiger charge is -2.06. The van der Waals surface area contributed by atoms with E-state index >= 15 is 0 Å². The molecule has 0 spiro atoms. The summed E-state index contributed by atoms with van der Waals surface area (Å²) in [6, 6.07) is 7.35. The molecule has 5 heteroatoms. The average molecular weight is 188 g/mol. The number of carbonyl (C=O) groups excluding carboxylic acids is 1. The number of nitrogens with one attached hydrogen (secondary N) is 1. The van der Waals surface area contributed by atoms with Crippen molar-refractivity contribution in [1.82, 2.24) is 14.8 Å². The SMILES string of the molecule is O=CNc1ccccc1-n1cncn1. The van der Waals surface area contributed by atoms with E-state index < -0.39 is 0 Å². The number of nitrogens with zero attached hydrogens (tertiary/aromatic N) is 3. The van der Waals surface area contributed by atoms with Crippen LogP contribution >= 0.6 is 0 Å². The highest BCUT2D eigenvalue weighted by Crippen LogP contribution is 2.17. The summed E-state index contributed by atoms with van der Waals surface area (Å²) in [5.41, 5.74) is 1.49. The first-order valence-corrected chi connectivity index (χ1v) is 4.06. The number of rotatable bonds is 3. The van der Waals surface area contributed by atoms with E-state index in [-0.39, 0.29) is 0 Å². The van der Waals surface area contributed by atoms with Gasteiger partial charge in [0.1, 0.15) is 12.7 Å². The summed E-state index contributed by atoms with van der Waals surface area (Å²) in [5, 5.41) is 6.57. The van der Waals surface area contributed by atoms with E-state index in [2.05, 4.69) is 15.4 Å². The van der Waals surface area contributed by atoms with Gasteiger partial charge < -0.3 is 5.32 Å². The Morgan fingerprint density at radius 1 is 1.36 bits per heavy atom. The largest absolute Gasteiger partial charge is 0.327 e. The van der Waals surface area contributed by atoms with Gasteiger partial charge in [0.15, 0.2) is 0 Å². The van der Waals surface area contributed by atoms with Crippen LogP contribution in [0.1, 0.15) is 0 Å². The smallest absolute Gasteiger partial charge is 0.211 e. The fraction of sp³-hybridized carbons (Fsp3) is 0. The molecule has 0 atom stereocenters. The van der Waals surface area contributed by atoms with Crippen molar-refractivity contribution < 1.29 is 4.79 Å². The lowest BCUT2D eigenvalue weighted by atomic mass is 10.2. The Kier molecular flexibility index (Phi) is 2.22. The molecule has 1 N–H and O–H groups in total. The number of para-hydroxylation sites is 2. The van der Waals surface area contributed by atoms with Crippen molar-refractivity contribution in [1.29, 1.82) is 0 Å². The first-order chi connectivity index (χ1) is 6.92. The van der Waals surface area contributed by atoms with E-state index in [1.165, 1.54) is 6.33 Å². The molecule has 1 heterocycles. The van der Waals surface area contributed by atoms with E-state index in [1.807, 2.05) is 18.2 Å². The molecule has 0 saturated heterocycles. The third kappa shape index (κ3) is 1.47. The molecule has 0 aliphatic rings. The summed E-state index contributed by atoms with van der Waals surface area (Å²) in [6.45, 7) is 0. The van der Waals surface area contributed by atoms with Gasteiger partial charge in [-0.05, 0) is 12.1 Å². The standard InChI is InChI=1S/C9H8N4O/c14-7-11-8-3-1-2-4-9(8)13-6-10-5-12-13/h1-7H,(H,11,14). The van der Waals surface area contributed by atoms with Crippen LogP contribution in [0, 0.1) is 0 Å². The minimum absolute atomic E-state index is 0.635. The van der Waals surface area contributed by atoms with Crippen LogP contribution in [0.4, 0.5) is 5.69 Å². The van der Waals surface area contributed by atoms with Crippen molar-refractivity contribution in [3.8, 4) is 5.69 Å². The lowest BCUT2D eigenvalue weighted by Crippen LogP contribution is -2.02. The quantitative estimate of drug-likeness (QED) is 0.726. The van der Waals surface area contributed by atoms with Crippen LogP contribution in [0.15, 0.2) is 36.9 Å². The Bertz CT molecular complexity index is 424. The van der Waals surface area contributed by atoms with E-state index in [1.54, 1.807) is 17.1 Å². The highest BCUT2D eigenvalue weighted by Gasteiger charge is 2.02. The number of carbonyl (C=O) groups is 1. The number of amides is 1. The molecule has 0 radical (unpaired) electrons. The summed E-state index contributed by atoms with van der Waals surface area (Å²) >= 11 is 0. The number of hydrogen-bond donors (Lipinski definition) is 1. The number of hydrogen-bond acceptors (Lipinski definition) is 3. The Morgan fingerprint density at radius 3 is 2.93 bits per heavy atom. The van der Waals surface area contributed by atoms with Gasteiger partial charge in [-0.3, -0.25) is 4.79 Å². The maximum absolute atomic E-state index is 10.3. The lowest BCUT2D eigenvalue weighted by molar-refractivity contribution is -0.105. The second-order valence-electron chi connectivity index (χ2n) is 2.62. The van der Waals surface area contributed by atoms with E-state index in [0.29, 0.717) is 12.1 Å². The van der Waals surface area contributed by atoms with Gasteiger partial charge in [0.05, 0.1) is 11.4 Å². The highest BCUT2D eigenvalue weighted by atomic mass is 16.1. The molecule has 0 fully saturated rings. The molecule has 1 aromatic heterocycles. The summed E-state index contributed by atoms with van der Waals surface area (Å²) < 4.78 is 1.59. The van der Waals surface area contributed by atoms with Crippen molar-refractivity contribution in [2.75, 3.05) is 5.32 Å². The summed E-state index contributed by atoms with van der Waals surface area (Å²) in [4.78, 5) is 14.2. The summed E-state index contributed by atoms with van der Waals surface area (Å²) in [5.74, 6) is 0. The molecule has 1 aromatic carbocycles. The van der Waals surface area contributed by atoms with Crippen LogP contribution in [0.5, 0.6) is 0 Å². The normalized spacial score (nSPS) is 9.71. The highest BCUT2D eigenvalue weighted by molar-refractivity contribution is 5.76. The maximum atomic E-state index is 10.3. The second-order valence-corrected chi connectivity index (χ2v) is 2.62. The van der Waals surface area contributed by atoms with Crippen LogP contribution < -0.4 is 5.32 Å². The summed E-state index contributed by atoms with van der Waals surface area (Å²) in [6.07, 6.45) is 3.65. The van der Waals surface area contributed by atoms with E-state index in [0.717, 1.165) is 5.69 Å². The van der Waals surface area contributed by atoms with Crippen molar-refractivity contribution in [3.05, 3.63) is 36.9 Å². The Hall–Kier alpha value is -2.17. The van der Waals surface area contributed by atoms with Gasteiger partial charge in [0.2, 0.25) is 6.41 Å².